The SMILES string of the molecule is CCN(CC(C)C#N)C(=O)c1ccc(OC)c([N+](=O)[O-])c1. The van der Waals surface area contributed by atoms with Crippen molar-refractivity contribution < 1.29 is 14.5 Å². The van der Waals surface area contributed by atoms with E-state index in [4.69, 9.17) is 10.00 Å². The van der Waals surface area contributed by atoms with Crippen molar-refractivity contribution in [3.63, 3.8) is 0 Å². The van der Waals surface area contributed by atoms with Crippen LogP contribution >= 0.6 is 0 Å². The zero-order chi connectivity index (χ0) is 16.0. The van der Waals surface area contributed by atoms with Crippen molar-refractivity contribution in [2.45, 2.75) is 13.8 Å². The Morgan fingerprint density at radius 3 is 2.71 bits per heavy atom. The van der Waals surface area contributed by atoms with Crippen LogP contribution in [0.5, 0.6) is 5.75 Å². The minimum Gasteiger partial charge on any atom is -0.490 e. The zero-order valence-corrected chi connectivity index (χ0v) is 12.2. The number of rotatable bonds is 6. The molecule has 0 spiro atoms. The highest BCUT2D eigenvalue weighted by Crippen LogP contribution is 2.28. The molecule has 0 fully saturated rings. The lowest BCUT2D eigenvalue weighted by molar-refractivity contribution is -0.385. The first-order valence-corrected chi connectivity index (χ1v) is 6.45. The lowest BCUT2D eigenvalue weighted by Crippen LogP contribution is -2.34. The number of benzene rings is 1. The van der Waals surface area contributed by atoms with Gasteiger partial charge in [0.15, 0.2) is 5.75 Å². The van der Waals surface area contributed by atoms with Gasteiger partial charge in [-0.3, -0.25) is 14.9 Å². The Morgan fingerprint density at radius 1 is 1.57 bits per heavy atom. The van der Waals surface area contributed by atoms with Gasteiger partial charge in [0.1, 0.15) is 0 Å². The summed E-state index contributed by atoms with van der Waals surface area (Å²) in [4.78, 5) is 24.2. The first-order valence-electron chi connectivity index (χ1n) is 6.45. The Morgan fingerprint density at radius 2 is 2.24 bits per heavy atom. The second-order valence-corrected chi connectivity index (χ2v) is 4.52. The Hall–Kier alpha value is -2.62. The molecule has 1 aromatic rings. The molecule has 7 nitrogen and oxygen atoms in total. The molecule has 0 saturated heterocycles. The number of nitro groups is 1. The maximum absolute atomic E-state index is 12.4. The molecular formula is C14H17N3O4. The van der Waals surface area contributed by atoms with Crippen molar-refractivity contribution in [2.24, 2.45) is 5.92 Å². The number of carbonyl (C=O) groups is 1. The van der Waals surface area contributed by atoms with Crippen LogP contribution in [0, 0.1) is 27.4 Å². The fourth-order valence-corrected chi connectivity index (χ4v) is 1.88. The molecule has 0 aliphatic rings. The standard InChI is InChI=1S/C14H17N3O4/c1-4-16(9-10(2)8-15)14(18)11-5-6-13(21-3)12(7-11)17(19)20/h5-7,10H,4,9H2,1-3H3. The third kappa shape index (κ3) is 3.92. The Bertz CT molecular complexity index is 580. The number of hydrogen-bond donors (Lipinski definition) is 0. The third-order valence-electron chi connectivity index (χ3n) is 3.01. The van der Waals surface area contributed by atoms with Crippen LogP contribution < -0.4 is 4.74 Å². The van der Waals surface area contributed by atoms with Crippen molar-refractivity contribution >= 4 is 11.6 Å². The normalized spacial score (nSPS) is 11.3. The molecule has 0 aliphatic heterocycles. The van der Waals surface area contributed by atoms with Crippen LogP contribution in [0.3, 0.4) is 0 Å². The fourth-order valence-electron chi connectivity index (χ4n) is 1.88. The van der Waals surface area contributed by atoms with Gasteiger partial charge in [-0.15, -0.1) is 0 Å². The number of nitro benzene ring substituents is 1. The van der Waals surface area contributed by atoms with Crippen LogP contribution in [-0.2, 0) is 0 Å². The molecule has 7 heteroatoms. The molecule has 1 atom stereocenters. The average Bonchev–Trinajstić information content (AvgIpc) is 2.50. The topological polar surface area (TPSA) is 96.5 Å². The molecule has 0 bridgehead atoms. The monoisotopic (exact) mass is 291 g/mol. The molecule has 1 amide bonds. The molecule has 0 saturated carbocycles. The molecule has 0 radical (unpaired) electrons. The van der Waals surface area contributed by atoms with Gasteiger partial charge in [-0.05, 0) is 26.0 Å². The molecule has 1 aromatic carbocycles. The Labute approximate surface area is 122 Å². The summed E-state index contributed by atoms with van der Waals surface area (Å²) in [5, 5.41) is 19.8. The molecule has 112 valence electrons. The highest BCUT2D eigenvalue weighted by Gasteiger charge is 2.22. The minimum atomic E-state index is -0.593. The summed E-state index contributed by atoms with van der Waals surface area (Å²) >= 11 is 0. The highest BCUT2D eigenvalue weighted by molar-refractivity contribution is 5.95. The van der Waals surface area contributed by atoms with E-state index in [1.165, 1.54) is 30.2 Å². The highest BCUT2D eigenvalue weighted by atomic mass is 16.6. The lowest BCUT2D eigenvalue weighted by Gasteiger charge is -2.22. The quantitative estimate of drug-likeness (QED) is 0.591. The predicted molar refractivity (Wildman–Crippen MR) is 76.0 cm³/mol. The van der Waals surface area contributed by atoms with E-state index in [2.05, 4.69) is 6.07 Å². The van der Waals surface area contributed by atoms with Crippen LogP contribution in [0.4, 0.5) is 5.69 Å². The van der Waals surface area contributed by atoms with Gasteiger partial charge in [0, 0.05) is 24.7 Å². The summed E-state index contributed by atoms with van der Waals surface area (Å²) in [5.74, 6) is -0.544. The van der Waals surface area contributed by atoms with Crippen molar-refractivity contribution in [3.8, 4) is 11.8 Å². The maximum atomic E-state index is 12.4. The molecule has 0 aromatic heterocycles. The van der Waals surface area contributed by atoms with Gasteiger partial charge in [0.2, 0.25) is 0 Å². The first kappa shape index (κ1) is 16.4. The summed E-state index contributed by atoms with van der Waals surface area (Å²) in [6.45, 7) is 4.21. The molecule has 0 heterocycles. The second kappa shape index (κ2) is 7.24. The van der Waals surface area contributed by atoms with Gasteiger partial charge in [-0.1, -0.05) is 0 Å². The van der Waals surface area contributed by atoms with Gasteiger partial charge in [-0.25, -0.2) is 0 Å². The molecule has 21 heavy (non-hydrogen) atoms. The molecular weight excluding hydrogens is 274 g/mol. The number of ether oxygens (including phenoxy) is 1. The maximum Gasteiger partial charge on any atom is 0.311 e. The van der Waals surface area contributed by atoms with E-state index in [1.54, 1.807) is 13.8 Å². The number of amides is 1. The van der Waals surface area contributed by atoms with Crippen molar-refractivity contribution in [1.82, 2.24) is 4.90 Å². The first-order chi connectivity index (χ1) is 9.94. The van der Waals surface area contributed by atoms with E-state index >= 15 is 0 Å². The molecule has 0 N–H and O–H groups in total. The number of hydrogen-bond acceptors (Lipinski definition) is 5. The third-order valence-corrected chi connectivity index (χ3v) is 3.01. The average molecular weight is 291 g/mol. The number of nitriles is 1. The molecule has 0 aliphatic carbocycles. The molecule has 1 unspecified atom stereocenters. The predicted octanol–water partition coefficient (Wildman–Crippen LogP) is 2.23. The summed E-state index contributed by atoms with van der Waals surface area (Å²) in [6, 6.07) is 6.13. The van der Waals surface area contributed by atoms with Crippen molar-refractivity contribution in [1.29, 1.82) is 5.26 Å². The van der Waals surface area contributed by atoms with E-state index in [-0.39, 0.29) is 35.4 Å². The van der Waals surface area contributed by atoms with Crippen LogP contribution in [0.15, 0.2) is 18.2 Å². The van der Waals surface area contributed by atoms with Crippen LogP contribution in [-0.4, -0.2) is 35.9 Å². The summed E-state index contributed by atoms with van der Waals surface area (Å²) < 4.78 is 4.90. The van der Waals surface area contributed by atoms with Gasteiger partial charge in [0.05, 0.1) is 24.0 Å². The number of carbonyl (C=O) groups excluding carboxylic acids is 1. The van der Waals surface area contributed by atoms with Gasteiger partial charge < -0.3 is 9.64 Å². The summed E-state index contributed by atoms with van der Waals surface area (Å²) in [7, 11) is 1.33. The Kier molecular flexibility index (Phi) is 5.67. The summed E-state index contributed by atoms with van der Waals surface area (Å²) in [6.07, 6.45) is 0. The number of nitrogens with zero attached hydrogens (tertiary/aromatic N) is 3. The van der Waals surface area contributed by atoms with E-state index in [0.717, 1.165) is 0 Å². The largest absolute Gasteiger partial charge is 0.490 e. The second-order valence-electron chi connectivity index (χ2n) is 4.52. The molecule has 1 rings (SSSR count). The zero-order valence-electron chi connectivity index (χ0n) is 12.2. The fraction of sp³-hybridized carbons (Fsp3) is 0.429. The van der Waals surface area contributed by atoms with Crippen LogP contribution in [0.2, 0.25) is 0 Å². The van der Waals surface area contributed by atoms with E-state index in [1.807, 2.05) is 0 Å². The summed E-state index contributed by atoms with van der Waals surface area (Å²) in [5.41, 5.74) is -0.0535. The van der Waals surface area contributed by atoms with Crippen LogP contribution in [0.1, 0.15) is 24.2 Å². The van der Waals surface area contributed by atoms with Crippen LogP contribution in [0.25, 0.3) is 0 Å². The smallest absolute Gasteiger partial charge is 0.311 e. The van der Waals surface area contributed by atoms with Crippen molar-refractivity contribution in [3.05, 3.63) is 33.9 Å². The van der Waals surface area contributed by atoms with Gasteiger partial charge in [-0.2, -0.15) is 5.26 Å². The van der Waals surface area contributed by atoms with E-state index < -0.39 is 4.92 Å². The van der Waals surface area contributed by atoms with E-state index in [9.17, 15) is 14.9 Å². The minimum absolute atomic E-state index is 0.102. The lowest BCUT2D eigenvalue weighted by atomic mass is 10.1. The van der Waals surface area contributed by atoms with Crippen molar-refractivity contribution in [2.75, 3.05) is 20.2 Å². The van der Waals surface area contributed by atoms with Gasteiger partial charge >= 0.3 is 5.69 Å². The van der Waals surface area contributed by atoms with E-state index in [0.29, 0.717) is 6.54 Å². The Balaban J connectivity index is 3.09. The van der Waals surface area contributed by atoms with Gasteiger partial charge in [0.25, 0.3) is 5.91 Å². The number of methoxy groups -OCH3 is 1.